The molecule has 1 unspecified atom stereocenters. The van der Waals surface area contributed by atoms with Crippen molar-refractivity contribution in [3.63, 3.8) is 0 Å². The van der Waals surface area contributed by atoms with Crippen LogP contribution >= 0.6 is 11.6 Å². The first-order chi connectivity index (χ1) is 17.0. The van der Waals surface area contributed by atoms with Gasteiger partial charge in [0.05, 0.1) is 17.2 Å². The number of Topliss-reactive ketones (excluding diaryl/α,β-unsaturated/α-hetero) is 1. The summed E-state index contributed by atoms with van der Waals surface area (Å²) in [5, 5.41) is 11.0. The second-order valence-corrected chi connectivity index (χ2v) is 11.3. The summed E-state index contributed by atoms with van der Waals surface area (Å²) in [5.41, 5.74) is -4.90. The summed E-state index contributed by atoms with van der Waals surface area (Å²) in [6.45, 7) is 12.0. The molecule has 37 heavy (non-hydrogen) atoms. The number of alkyl halides is 1. The van der Waals surface area contributed by atoms with E-state index >= 15 is 0 Å². The van der Waals surface area contributed by atoms with Crippen molar-refractivity contribution in [2.45, 2.75) is 76.4 Å². The van der Waals surface area contributed by atoms with Crippen LogP contribution in [0.25, 0.3) is 0 Å². The molecule has 4 aliphatic rings. The van der Waals surface area contributed by atoms with Crippen molar-refractivity contribution in [3.8, 4) is 0 Å². The van der Waals surface area contributed by atoms with Crippen LogP contribution < -0.4 is 0 Å². The predicted octanol–water partition coefficient (Wildman–Crippen LogP) is 1.65. The number of ketones is 1. The molecule has 3 fully saturated rings. The largest absolute Gasteiger partial charge is 0.459 e. The Morgan fingerprint density at radius 1 is 1.05 bits per heavy atom. The number of ether oxygens (including phenoxy) is 4. The molecule has 0 aromatic rings. The lowest BCUT2D eigenvalue weighted by Gasteiger charge is -2.47. The van der Waals surface area contributed by atoms with Gasteiger partial charge in [-0.2, -0.15) is 0 Å². The van der Waals surface area contributed by atoms with Crippen LogP contribution in [-0.4, -0.2) is 69.7 Å². The Morgan fingerprint density at radius 3 is 2.19 bits per heavy atom. The molecule has 3 aliphatic carbocycles. The Kier molecular flexibility index (Phi) is 6.39. The van der Waals surface area contributed by atoms with Crippen molar-refractivity contribution in [1.29, 1.82) is 0 Å². The summed E-state index contributed by atoms with van der Waals surface area (Å²) in [4.78, 5) is 63.0. The number of allylic oxidation sites excluding steroid dienone is 1. The molecule has 0 radical (unpaired) electrons. The molecule has 202 valence electrons. The van der Waals surface area contributed by atoms with E-state index in [0.29, 0.717) is 0 Å². The van der Waals surface area contributed by atoms with E-state index in [9.17, 15) is 29.1 Å². The summed E-state index contributed by atoms with van der Waals surface area (Å²) in [5.74, 6) is -6.82. The van der Waals surface area contributed by atoms with Gasteiger partial charge in [-0.3, -0.25) is 24.0 Å². The minimum Gasteiger partial charge on any atom is -0.459 e. The number of halogens is 1. The van der Waals surface area contributed by atoms with Crippen molar-refractivity contribution in [1.82, 2.24) is 0 Å². The fourth-order valence-corrected chi connectivity index (χ4v) is 7.25. The van der Waals surface area contributed by atoms with Gasteiger partial charge in [0.2, 0.25) is 0 Å². The van der Waals surface area contributed by atoms with Gasteiger partial charge in [0.1, 0.15) is 12.2 Å². The van der Waals surface area contributed by atoms with Gasteiger partial charge in [0.25, 0.3) is 0 Å². The first-order valence-corrected chi connectivity index (χ1v) is 12.5. The zero-order valence-electron chi connectivity index (χ0n) is 21.5. The van der Waals surface area contributed by atoms with E-state index in [1.165, 1.54) is 20.8 Å². The molecule has 0 aromatic carbocycles. The van der Waals surface area contributed by atoms with E-state index in [1.54, 1.807) is 19.1 Å². The maximum Gasteiger partial charge on any atom is 0.312 e. The average Bonchev–Trinajstić information content (AvgIpc) is 3.23. The van der Waals surface area contributed by atoms with E-state index in [4.69, 9.17) is 30.5 Å². The van der Waals surface area contributed by atoms with Crippen LogP contribution in [0, 0.1) is 29.1 Å². The fourth-order valence-electron chi connectivity index (χ4n) is 6.87. The van der Waals surface area contributed by atoms with E-state index in [-0.39, 0.29) is 5.57 Å². The predicted molar refractivity (Wildman–Crippen MR) is 127 cm³/mol. The number of carbonyl (C=O) groups excluding carboxylic acids is 5. The molecule has 1 heterocycles. The van der Waals surface area contributed by atoms with Crippen LogP contribution in [0.1, 0.15) is 41.5 Å². The molecule has 1 saturated heterocycles. The molecule has 1 aliphatic heterocycles. The van der Waals surface area contributed by atoms with Gasteiger partial charge in [-0.25, -0.2) is 0 Å². The monoisotopic (exact) mass is 538 g/mol. The van der Waals surface area contributed by atoms with Crippen molar-refractivity contribution >= 4 is 41.3 Å². The molecule has 2 saturated carbocycles. The quantitative estimate of drug-likeness (QED) is 0.244. The summed E-state index contributed by atoms with van der Waals surface area (Å²) in [7, 11) is 0. The normalized spacial score (nSPS) is 47.1. The van der Waals surface area contributed by atoms with Gasteiger partial charge in [-0.1, -0.05) is 19.6 Å². The second kappa shape index (κ2) is 8.66. The van der Waals surface area contributed by atoms with Crippen LogP contribution in [0.5, 0.6) is 0 Å². The van der Waals surface area contributed by atoms with Gasteiger partial charge >= 0.3 is 23.9 Å². The van der Waals surface area contributed by atoms with Gasteiger partial charge in [-0.15, -0.1) is 11.6 Å². The van der Waals surface area contributed by atoms with Crippen molar-refractivity contribution < 1.29 is 48.0 Å². The zero-order valence-corrected chi connectivity index (χ0v) is 22.2. The highest BCUT2D eigenvalue weighted by Crippen LogP contribution is 2.75. The maximum absolute atomic E-state index is 13.8. The minimum atomic E-state index is -2.26. The lowest BCUT2D eigenvalue weighted by Crippen LogP contribution is -2.65. The summed E-state index contributed by atoms with van der Waals surface area (Å²) < 4.78 is 22.3. The highest BCUT2D eigenvalue weighted by atomic mass is 35.5. The van der Waals surface area contributed by atoms with Crippen molar-refractivity contribution in [2.24, 2.45) is 29.1 Å². The highest BCUT2D eigenvalue weighted by Gasteiger charge is 2.84. The van der Waals surface area contributed by atoms with Gasteiger partial charge in [-0.05, 0) is 36.8 Å². The van der Waals surface area contributed by atoms with Crippen molar-refractivity contribution in [2.75, 3.05) is 0 Å². The first-order valence-electron chi connectivity index (χ1n) is 12.0. The molecule has 0 aromatic heterocycles. The second-order valence-electron chi connectivity index (χ2n) is 10.8. The maximum atomic E-state index is 13.8. The van der Waals surface area contributed by atoms with E-state index in [1.807, 2.05) is 0 Å². The smallest absolute Gasteiger partial charge is 0.312 e. The van der Waals surface area contributed by atoms with Gasteiger partial charge < -0.3 is 24.1 Å². The summed E-state index contributed by atoms with van der Waals surface area (Å²) in [6.07, 6.45) is -0.849. The number of rotatable bonds is 3. The Hall–Kier alpha value is -2.72. The van der Waals surface area contributed by atoms with Crippen LogP contribution in [0.4, 0.5) is 0 Å². The minimum absolute atomic E-state index is 0.116. The molecule has 11 heteroatoms. The molecule has 4 rings (SSSR count). The third-order valence-corrected chi connectivity index (χ3v) is 9.11. The number of esters is 4. The standard InChI is InChI=1S/C26H31ClO10/c1-10-16(34-12(3)28)9-8-15-17-20(31)25(7,37-14(5)30)19(24(15,17)6)22(35-13(4)29)26(33)11(2)23(32)36-21(26)18(10)27/h8-9,11,15-19,21-22,33H,1H2,2-7H3/b9-8+/t11-,15-,16-,17-,18-,19+,21-,22?,24-,25-,26-/m0/s1. The number of aliphatic hydroxyl groups is 1. The molecule has 0 bridgehead atoms. The zero-order chi connectivity index (χ0) is 27.8. The molecular formula is C26H31ClO10. The van der Waals surface area contributed by atoms with E-state index < -0.39 is 93.6 Å². The van der Waals surface area contributed by atoms with Crippen LogP contribution in [-0.2, 0) is 42.9 Å². The number of hydrogen-bond acceptors (Lipinski definition) is 10. The van der Waals surface area contributed by atoms with Gasteiger partial charge in [0, 0.05) is 26.7 Å². The lowest BCUT2D eigenvalue weighted by atomic mass is 9.66. The molecule has 11 atom stereocenters. The molecule has 0 spiro atoms. The lowest BCUT2D eigenvalue weighted by molar-refractivity contribution is -0.214. The van der Waals surface area contributed by atoms with Crippen LogP contribution in [0.15, 0.2) is 24.3 Å². The Morgan fingerprint density at radius 2 is 1.65 bits per heavy atom. The molecule has 0 amide bonds. The number of hydrogen-bond donors (Lipinski definition) is 1. The third-order valence-electron chi connectivity index (χ3n) is 8.60. The average molecular weight is 539 g/mol. The molecular weight excluding hydrogens is 508 g/mol. The first kappa shape index (κ1) is 27.3. The van der Waals surface area contributed by atoms with Gasteiger partial charge in [0.15, 0.2) is 23.1 Å². The molecule has 10 nitrogen and oxygen atoms in total. The third kappa shape index (κ3) is 3.74. The summed E-state index contributed by atoms with van der Waals surface area (Å²) in [6, 6.07) is 0. The Balaban J connectivity index is 2.00. The topological polar surface area (TPSA) is 143 Å². The Bertz CT molecular complexity index is 1130. The summed E-state index contributed by atoms with van der Waals surface area (Å²) >= 11 is 6.74. The molecule has 1 N–H and O–H groups in total. The van der Waals surface area contributed by atoms with E-state index in [0.717, 1.165) is 13.8 Å². The van der Waals surface area contributed by atoms with Crippen LogP contribution in [0.3, 0.4) is 0 Å². The fraction of sp³-hybridized carbons (Fsp3) is 0.654. The number of fused-ring (bicyclic) bond motifs is 2. The van der Waals surface area contributed by atoms with Crippen molar-refractivity contribution in [3.05, 3.63) is 24.3 Å². The van der Waals surface area contributed by atoms with Crippen LogP contribution in [0.2, 0.25) is 0 Å². The SMILES string of the molecule is C=C1[C@@H](OC(C)=O)/C=C/[C@H]2[C@H]3C(=O)[C@@](C)(OC(C)=O)[C@H](C(OC(C)=O)[C@]4(O)[C@@H](C)C(=O)O[C@H]4[C@H]1Cl)[C@]32C. The van der Waals surface area contributed by atoms with E-state index in [2.05, 4.69) is 6.58 Å². The Labute approximate surface area is 219 Å². The highest BCUT2D eigenvalue weighted by molar-refractivity contribution is 6.23. The number of carbonyl (C=O) groups is 5.